The van der Waals surface area contributed by atoms with Crippen molar-refractivity contribution in [2.75, 3.05) is 6.61 Å². The van der Waals surface area contributed by atoms with E-state index in [2.05, 4.69) is 31.3 Å². The Labute approximate surface area is 158 Å². The fourth-order valence-corrected chi connectivity index (χ4v) is 2.72. The molecule has 3 rings (SSSR count). The van der Waals surface area contributed by atoms with Gasteiger partial charge >= 0.3 is 0 Å². The van der Waals surface area contributed by atoms with Crippen LogP contribution < -0.4 is 14.9 Å². The van der Waals surface area contributed by atoms with Gasteiger partial charge in [0.15, 0.2) is 11.5 Å². The maximum Gasteiger partial charge on any atom is 0.284 e. The quantitative estimate of drug-likeness (QED) is 0.643. The van der Waals surface area contributed by atoms with Gasteiger partial charge in [0.25, 0.3) is 5.91 Å². The summed E-state index contributed by atoms with van der Waals surface area (Å²) >= 11 is 0. The molecule has 1 atom stereocenters. The van der Waals surface area contributed by atoms with Gasteiger partial charge in [-0.3, -0.25) is 4.79 Å². The summed E-state index contributed by atoms with van der Waals surface area (Å²) in [5, 5.41) is 13.9. The molecule has 0 aromatic heterocycles. The SMILES string of the molecule is C/C(=N\NC(=O)[C@@H]1COc2ccc(C(C)(C)C)cc2O1)c1ccccc1O. The van der Waals surface area contributed by atoms with Gasteiger partial charge in [-0.15, -0.1) is 0 Å². The summed E-state index contributed by atoms with van der Waals surface area (Å²) in [7, 11) is 0. The monoisotopic (exact) mass is 368 g/mol. The summed E-state index contributed by atoms with van der Waals surface area (Å²) in [6.45, 7) is 8.15. The largest absolute Gasteiger partial charge is 0.507 e. The van der Waals surface area contributed by atoms with Crippen LogP contribution in [0.3, 0.4) is 0 Å². The Bertz CT molecular complexity index is 884. The Kier molecular flexibility index (Phi) is 5.08. The number of phenolic OH excluding ortho intramolecular Hbond substituents is 1. The Balaban J connectivity index is 1.70. The molecule has 0 aliphatic carbocycles. The van der Waals surface area contributed by atoms with Gasteiger partial charge in [-0.1, -0.05) is 39.0 Å². The number of nitrogens with zero attached hydrogens (tertiary/aromatic N) is 1. The van der Waals surface area contributed by atoms with Gasteiger partial charge in [-0.25, -0.2) is 5.43 Å². The van der Waals surface area contributed by atoms with Crippen molar-refractivity contribution in [2.45, 2.75) is 39.2 Å². The first-order chi connectivity index (χ1) is 12.8. The minimum atomic E-state index is -0.798. The van der Waals surface area contributed by atoms with Gasteiger partial charge in [-0.2, -0.15) is 5.10 Å². The third-order valence-corrected chi connectivity index (χ3v) is 4.39. The number of rotatable bonds is 3. The van der Waals surface area contributed by atoms with E-state index in [4.69, 9.17) is 9.47 Å². The first-order valence-corrected chi connectivity index (χ1v) is 8.82. The average molecular weight is 368 g/mol. The molecule has 0 bridgehead atoms. The molecule has 1 amide bonds. The molecule has 1 heterocycles. The third-order valence-electron chi connectivity index (χ3n) is 4.39. The highest BCUT2D eigenvalue weighted by molar-refractivity contribution is 6.01. The smallest absolute Gasteiger partial charge is 0.284 e. The fraction of sp³-hybridized carbons (Fsp3) is 0.333. The molecule has 0 saturated heterocycles. The van der Waals surface area contributed by atoms with E-state index in [1.807, 2.05) is 18.2 Å². The lowest BCUT2D eigenvalue weighted by Crippen LogP contribution is -2.42. The van der Waals surface area contributed by atoms with Crippen molar-refractivity contribution in [3.8, 4) is 17.2 Å². The molecule has 2 N–H and O–H groups in total. The highest BCUT2D eigenvalue weighted by Crippen LogP contribution is 2.36. The summed E-state index contributed by atoms with van der Waals surface area (Å²) in [6, 6.07) is 12.6. The van der Waals surface area contributed by atoms with E-state index in [1.165, 1.54) is 0 Å². The first kappa shape index (κ1) is 18.8. The van der Waals surface area contributed by atoms with E-state index in [0.717, 1.165) is 5.56 Å². The zero-order valence-corrected chi connectivity index (χ0v) is 15.9. The minimum Gasteiger partial charge on any atom is -0.507 e. The zero-order chi connectivity index (χ0) is 19.6. The molecule has 2 aromatic carbocycles. The Hall–Kier alpha value is -3.02. The summed E-state index contributed by atoms with van der Waals surface area (Å²) in [6.07, 6.45) is -0.798. The number of amides is 1. The molecule has 27 heavy (non-hydrogen) atoms. The lowest BCUT2D eigenvalue weighted by Gasteiger charge is -2.27. The molecule has 142 valence electrons. The standard InChI is InChI=1S/C21H24N2O4/c1-13(15-7-5-6-8-16(15)24)22-23-20(25)19-12-26-17-10-9-14(21(2,3)4)11-18(17)27-19/h5-11,19,24H,12H2,1-4H3,(H,23,25)/b22-13+/t19-/m0/s1. The number of benzene rings is 2. The van der Waals surface area contributed by atoms with Gasteiger partial charge in [-0.05, 0) is 42.2 Å². The van der Waals surface area contributed by atoms with Crippen LogP contribution in [0.5, 0.6) is 17.2 Å². The van der Waals surface area contributed by atoms with Gasteiger partial charge in [0, 0.05) is 5.56 Å². The van der Waals surface area contributed by atoms with Crippen LogP contribution in [0, 0.1) is 0 Å². The summed E-state index contributed by atoms with van der Waals surface area (Å²) < 4.78 is 11.5. The topological polar surface area (TPSA) is 80.2 Å². The number of phenols is 1. The van der Waals surface area contributed by atoms with Gasteiger partial charge in [0.2, 0.25) is 6.10 Å². The van der Waals surface area contributed by atoms with Crippen LogP contribution in [0.15, 0.2) is 47.6 Å². The number of ether oxygens (including phenoxy) is 2. The second kappa shape index (κ2) is 7.31. The van der Waals surface area contributed by atoms with Crippen molar-refractivity contribution < 1.29 is 19.4 Å². The molecular weight excluding hydrogens is 344 g/mol. The number of hydrogen-bond acceptors (Lipinski definition) is 5. The number of carbonyl (C=O) groups is 1. The Morgan fingerprint density at radius 1 is 1.19 bits per heavy atom. The molecule has 0 radical (unpaired) electrons. The van der Waals surface area contributed by atoms with E-state index in [-0.39, 0.29) is 17.8 Å². The van der Waals surface area contributed by atoms with Crippen molar-refractivity contribution in [1.29, 1.82) is 0 Å². The number of carbonyl (C=O) groups excluding carboxylic acids is 1. The summed E-state index contributed by atoms with van der Waals surface area (Å²) in [5.74, 6) is 0.877. The number of para-hydroxylation sites is 1. The second-order valence-electron chi connectivity index (χ2n) is 7.52. The van der Waals surface area contributed by atoms with Crippen LogP contribution in [-0.2, 0) is 10.2 Å². The molecule has 0 fully saturated rings. The molecule has 0 unspecified atom stereocenters. The van der Waals surface area contributed by atoms with Crippen LogP contribution in [0.1, 0.15) is 38.8 Å². The number of hydrogen-bond donors (Lipinski definition) is 2. The van der Waals surface area contributed by atoms with Gasteiger partial charge in [0.05, 0.1) is 5.71 Å². The van der Waals surface area contributed by atoms with E-state index < -0.39 is 12.0 Å². The molecule has 6 heteroatoms. The fourth-order valence-electron chi connectivity index (χ4n) is 2.72. The van der Waals surface area contributed by atoms with Gasteiger partial charge in [0.1, 0.15) is 12.4 Å². The molecule has 6 nitrogen and oxygen atoms in total. The molecule has 1 aliphatic rings. The normalized spacial score (nSPS) is 16.7. The van der Waals surface area contributed by atoms with Crippen LogP contribution in [-0.4, -0.2) is 29.4 Å². The van der Waals surface area contributed by atoms with Crippen LogP contribution in [0.2, 0.25) is 0 Å². The average Bonchev–Trinajstić information content (AvgIpc) is 2.64. The zero-order valence-electron chi connectivity index (χ0n) is 15.9. The number of fused-ring (bicyclic) bond motifs is 1. The van der Waals surface area contributed by atoms with Crippen LogP contribution in [0.25, 0.3) is 0 Å². The highest BCUT2D eigenvalue weighted by Gasteiger charge is 2.28. The second-order valence-corrected chi connectivity index (χ2v) is 7.52. The predicted molar refractivity (Wildman–Crippen MR) is 104 cm³/mol. The van der Waals surface area contributed by atoms with E-state index in [9.17, 15) is 9.90 Å². The van der Waals surface area contributed by atoms with Crippen LogP contribution in [0.4, 0.5) is 0 Å². The molecule has 0 saturated carbocycles. The Morgan fingerprint density at radius 3 is 2.63 bits per heavy atom. The molecular formula is C21H24N2O4. The maximum atomic E-state index is 12.4. The Morgan fingerprint density at radius 2 is 1.93 bits per heavy atom. The number of hydrazone groups is 1. The summed E-state index contributed by atoms with van der Waals surface area (Å²) in [5.41, 5.74) is 4.60. The third kappa shape index (κ3) is 4.22. The van der Waals surface area contributed by atoms with Crippen molar-refractivity contribution in [3.05, 3.63) is 53.6 Å². The van der Waals surface area contributed by atoms with Crippen LogP contribution >= 0.6 is 0 Å². The lowest BCUT2D eigenvalue weighted by atomic mass is 9.87. The van der Waals surface area contributed by atoms with E-state index in [1.54, 1.807) is 31.2 Å². The first-order valence-electron chi connectivity index (χ1n) is 8.82. The number of aromatic hydroxyl groups is 1. The van der Waals surface area contributed by atoms with E-state index in [0.29, 0.717) is 22.8 Å². The van der Waals surface area contributed by atoms with E-state index >= 15 is 0 Å². The molecule has 0 spiro atoms. The van der Waals surface area contributed by atoms with Gasteiger partial charge < -0.3 is 14.6 Å². The summed E-state index contributed by atoms with van der Waals surface area (Å²) in [4.78, 5) is 12.4. The van der Waals surface area contributed by atoms with Crippen molar-refractivity contribution in [3.63, 3.8) is 0 Å². The predicted octanol–water partition coefficient (Wildman–Crippen LogP) is 3.37. The highest BCUT2D eigenvalue weighted by atomic mass is 16.6. The molecule has 1 aliphatic heterocycles. The minimum absolute atomic E-state index is 0.0350. The van der Waals surface area contributed by atoms with Crippen molar-refractivity contribution in [2.24, 2.45) is 5.10 Å². The number of nitrogens with one attached hydrogen (secondary N) is 1. The van der Waals surface area contributed by atoms with Crippen molar-refractivity contribution >= 4 is 11.6 Å². The molecule has 2 aromatic rings. The van der Waals surface area contributed by atoms with Crippen molar-refractivity contribution in [1.82, 2.24) is 5.43 Å². The maximum absolute atomic E-state index is 12.4. The lowest BCUT2D eigenvalue weighted by molar-refractivity contribution is -0.130.